The average Bonchev–Trinajstić information content (AvgIpc) is 2.34. The Morgan fingerprint density at radius 3 is 2.89 bits per heavy atom. The number of aromatic amines is 1. The summed E-state index contributed by atoms with van der Waals surface area (Å²) in [4.78, 5) is 26.7. The maximum absolute atomic E-state index is 12.2. The topological polar surface area (TPSA) is 62.0 Å². The van der Waals surface area contributed by atoms with Gasteiger partial charge in [0.25, 0.3) is 0 Å². The van der Waals surface area contributed by atoms with Gasteiger partial charge >= 0.3 is 0 Å². The first kappa shape index (κ1) is 12.4. The van der Waals surface area contributed by atoms with Crippen molar-refractivity contribution in [2.24, 2.45) is 0 Å². The molecule has 0 spiro atoms. The predicted molar refractivity (Wildman–Crippen MR) is 72.8 cm³/mol. The van der Waals surface area contributed by atoms with E-state index in [4.69, 9.17) is 0 Å². The highest BCUT2D eigenvalue weighted by atomic mass is 16.2. The molecule has 0 aliphatic rings. The molecular weight excluding hydrogens is 228 g/mol. The van der Waals surface area contributed by atoms with Crippen LogP contribution in [0.5, 0.6) is 0 Å². The number of hydrogen-bond acceptors (Lipinski definition) is 2. The Kier molecular flexibility index (Phi) is 3.46. The molecule has 0 unspecified atom stereocenters. The van der Waals surface area contributed by atoms with Gasteiger partial charge in [-0.3, -0.25) is 9.59 Å². The third kappa shape index (κ3) is 2.42. The van der Waals surface area contributed by atoms with Crippen LogP contribution in [0, 0.1) is 6.92 Å². The number of amides is 1. The van der Waals surface area contributed by atoms with E-state index in [0.717, 1.165) is 17.5 Å². The second-order valence-electron chi connectivity index (χ2n) is 4.38. The molecule has 0 atom stereocenters. The Hall–Kier alpha value is -2.10. The first-order valence-electron chi connectivity index (χ1n) is 6.03. The van der Waals surface area contributed by atoms with Gasteiger partial charge in [0.1, 0.15) is 5.69 Å². The number of rotatable bonds is 3. The summed E-state index contributed by atoms with van der Waals surface area (Å²) in [5.74, 6) is -0.130. The Balaban J connectivity index is 2.44. The monoisotopic (exact) mass is 244 g/mol. The second kappa shape index (κ2) is 5.04. The van der Waals surface area contributed by atoms with Crippen molar-refractivity contribution < 1.29 is 4.79 Å². The molecule has 1 aromatic carbocycles. The SMILES string of the molecule is CCCC(=O)Nc1c[nH]c2ccc(C)cc2c1=O. The zero-order chi connectivity index (χ0) is 13.1. The van der Waals surface area contributed by atoms with Crippen molar-refractivity contribution in [2.75, 3.05) is 5.32 Å². The van der Waals surface area contributed by atoms with Crippen molar-refractivity contribution in [2.45, 2.75) is 26.7 Å². The van der Waals surface area contributed by atoms with Gasteiger partial charge in [-0.05, 0) is 25.5 Å². The molecule has 94 valence electrons. The van der Waals surface area contributed by atoms with Crippen LogP contribution in [0.3, 0.4) is 0 Å². The van der Waals surface area contributed by atoms with E-state index in [-0.39, 0.29) is 11.3 Å². The molecule has 0 radical (unpaired) electrons. The summed E-state index contributed by atoms with van der Waals surface area (Å²) < 4.78 is 0. The summed E-state index contributed by atoms with van der Waals surface area (Å²) in [6, 6.07) is 5.63. The lowest BCUT2D eigenvalue weighted by atomic mass is 10.1. The normalized spacial score (nSPS) is 10.6. The highest BCUT2D eigenvalue weighted by Gasteiger charge is 2.07. The van der Waals surface area contributed by atoms with Crippen molar-refractivity contribution in [3.05, 3.63) is 40.2 Å². The molecule has 0 bridgehead atoms. The molecule has 2 N–H and O–H groups in total. The third-order valence-electron chi connectivity index (χ3n) is 2.79. The van der Waals surface area contributed by atoms with Crippen molar-refractivity contribution >= 4 is 22.5 Å². The minimum Gasteiger partial charge on any atom is -0.359 e. The van der Waals surface area contributed by atoms with E-state index < -0.39 is 0 Å². The number of nitrogens with one attached hydrogen (secondary N) is 2. The summed E-state index contributed by atoms with van der Waals surface area (Å²) in [5, 5.41) is 3.24. The second-order valence-corrected chi connectivity index (χ2v) is 4.38. The fourth-order valence-corrected chi connectivity index (χ4v) is 1.86. The number of carbonyl (C=O) groups excluding carboxylic acids is 1. The zero-order valence-electron chi connectivity index (χ0n) is 10.5. The minimum atomic E-state index is -0.142. The van der Waals surface area contributed by atoms with Crippen LogP contribution >= 0.6 is 0 Å². The fourth-order valence-electron chi connectivity index (χ4n) is 1.86. The third-order valence-corrected chi connectivity index (χ3v) is 2.79. The van der Waals surface area contributed by atoms with Gasteiger partial charge in [-0.15, -0.1) is 0 Å². The fraction of sp³-hybridized carbons (Fsp3) is 0.286. The predicted octanol–water partition coefficient (Wildman–Crippen LogP) is 2.58. The summed E-state index contributed by atoms with van der Waals surface area (Å²) in [7, 11) is 0. The molecular formula is C14H16N2O2. The quantitative estimate of drug-likeness (QED) is 0.871. The number of carbonyl (C=O) groups is 1. The molecule has 1 aromatic heterocycles. The van der Waals surface area contributed by atoms with Crippen LogP contribution in [0.1, 0.15) is 25.3 Å². The van der Waals surface area contributed by atoms with E-state index in [1.54, 1.807) is 6.20 Å². The van der Waals surface area contributed by atoms with Crippen LogP contribution in [-0.4, -0.2) is 10.9 Å². The first-order chi connectivity index (χ1) is 8.61. The highest BCUT2D eigenvalue weighted by molar-refractivity contribution is 5.93. The number of aromatic nitrogens is 1. The molecule has 2 aromatic rings. The molecule has 0 aliphatic carbocycles. The lowest BCUT2D eigenvalue weighted by Gasteiger charge is -2.05. The number of pyridine rings is 1. The number of fused-ring (bicyclic) bond motifs is 1. The van der Waals surface area contributed by atoms with Crippen LogP contribution in [0.4, 0.5) is 5.69 Å². The summed E-state index contributed by atoms with van der Waals surface area (Å²) >= 11 is 0. The molecule has 0 fully saturated rings. The number of benzene rings is 1. The molecule has 4 heteroatoms. The van der Waals surface area contributed by atoms with Crippen LogP contribution in [-0.2, 0) is 4.79 Å². The lowest BCUT2D eigenvalue weighted by molar-refractivity contribution is -0.116. The standard InChI is InChI=1S/C14H16N2O2/c1-3-4-13(17)16-12-8-15-11-6-5-9(2)7-10(11)14(12)18/h5-8H,3-4H2,1-2H3,(H,15,18)(H,16,17). The minimum absolute atomic E-state index is 0.130. The number of aryl methyl sites for hydroxylation is 1. The van der Waals surface area contributed by atoms with Gasteiger partial charge in [0.05, 0.1) is 0 Å². The van der Waals surface area contributed by atoms with Gasteiger partial charge in [-0.2, -0.15) is 0 Å². The van der Waals surface area contributed by atoms with Crippen LogP contribution < -0.4 is 10.7 Å². The van der Waals surface area contributed by atoms with Crippen molar-refractivity contribution in [1.82, 2.24) is 4.98 Å². The molecule has 0 saturated heterocycles. The Bertz CT molecular complexity index is 644. The Morgan fingerprint density at radius 2 is 2.17 bits per heavy atom. The van der Waals surface area contributed by atoms with Gasteiger partial charge in [0.15, 0.2) is 0 Å². The van der Waals surface area contributed by atoms with E-state index in [1.807, 2.05) is 32.0 Å². The summed E-state index contributed by atoms with van der Waals surface area (Å²) in [5.41, 5.74) is 1.97. The average molecular weight is 244 g/mol. The molecule has 0 aliphatic heterocycles. The van der Waals surface area contributed by atoms with Gasteiger partial charge in [0, 0.05) is 23.5 Å². The van der Waals surface area contributed by atoms with Gasteiger partial charge in [-0.25, -0.2) is 0 Å². The van der Waals surface area contributed by atoms with Crippen LogP contribution in [0.25, 0.3) is 10.9 Å². The van der Waals surface area contributed by atoms with E-state index in [9.17, 15) is 9.59 Å². The molecule has 0 saturated carbocycles. The number of H-pyrrole nitrogens is 1. The van der Waals surface area contributed by atoms with E-state index in [0.29, 0.717) is 17.5 Å². The Labute approximate surface area is 105 Å². The first-order valence-corrected chi connectivity index (χ1v) is 6.03. The van der Waals surface area contributed by atoms with Crippen molar-refractivity contribution in [3.63, 3.8) is 0 Å². The smallest absolute Gasteiger partial charge is 0.224 e. The maximum atomic E-state index is 12.2. The highest BCUT2D eigenvalue weighted by Crippen LogP contribution is 2.12. The maximum Gasteiger partial charge on any atom is 0.224 e. The van der Waals surface area contributed by atoms with Crippen molar-refractivity contribution in [1.29, 1.82) is 0 Å². The van der Waals surface area contributed by atoms with Crippen LogP contribution in [0.15, 0.2) is 29.2 Å². The van der Waals surface area contributed by atoms with E-state index >= 15 is 0 Å². The molecule has 2 rings (SSSR count). The number of hydrogen-bond donors (Lipinski definition) is 2. The zero-order valence-corrected chi connectivity index (χ0v) is 10.5. The molecule has 4 nitrogen and oxygen atoms in total. The molecule has 18 heavy (non-hydrogen) atoms. The van der Waals surface area contributed by atoms with Gasteiger partial charge < -0.3 is 10.3 Å². The number of anilines is 1. The molecule has 1 amide bonds. The van der Waals surface area contributed by atoms with Gasteiger partial charge in [-0.1, -0.05) is 18.6 Å². The van der Waals surface area contributed by atoms with Crippen LogP contribution in [0.2, 0.25) is 0 Å². The molecule has 1 heterocycles. The van der Waals surface area contributed by atoms with Gasteiger partial charge in [0.2, 0.25) is 11.3 Å². The summed E-state index contributed by atoms with van der Waals surface area (Å²) in [6.07, 6.45) is 2.73. The largest absolute Gasteiger partial charge is 0.359 e. The van der Waals surface area contributed by atoms with Crippen molar-refractivity contribution in [3.8, 4) is 0 Å². The summed E-state index contributed by atoms with van der Waals surface area (Å²) in [6.45, 7) is 3.86. The lowest BCUT2D eigenvalue weighted by Crippen LogP contribution is -2.18. The van der Waals surface area contributed by atoms with E-state index in [2.05, 4.69) is 10.3 Å². The Morgan fingerprint density at radius 1 is 1.39 bits per heavy atom. The van der Waals surface area contributed by atoms with E-state index in [1.165, 1.54) is 0 Å².